The van der Waals surface area contributed by atoms with Crippen LogP contribution < -0.4 is 5.32 Å². The van der Waals surface area contributed by atoms with Gasteiger partial charge >= 0.3 is 0 Å². The second kappa shape index (κ2) is 7.42. The summed E-state index contributed by atoms with van der Waals surface area (Å²) in [6, 6.07) is 10.8. The van der Waals surface area contributed by atoms with Crippen LogP contribution in [0.2, 0.25) is 0 Å². The van der Waals surface area contributed by atoms with Gasteiger partial charge in [0.1, 0.15) is 0 Å². The number of nitrogens with one attached hydrogen (secondary N) is 1. The average molecular weight is 221 g/mol. The average Bonchev–Trinajstić information content (AvgIpc) is 2.35. The lowest BCUT2D eigenvalue weighted by molar-refractivity contribution is 0.0611. The third kappa shape index (κ3) is 3.62. The highest BCUT2D eigenvalue weighted by Crippen LogP contribution is 2.21. The quantitative estimate of drug-likeness (QED) is 0.763. The molecule has 1 N–H and O–H groups in total. The zero-order valence-electron chi connectivity index (χ0n) is 10.6. The maximum Gasteiger partial charge on any atom is 0.0765 e. The number of rotatable bonds is 7. The molecule has 1 aromatic carbocycles. The lowest BCUT2D eigenvalue weighted by atomic mass is 9.98. The van der Waals surface area contributed by atoms with Gasteiger partial charge in [0.2, 0.25) is 0 Å². The molecule has 2 atom stereocenters. The van der Waals surface area contributed by atoms with Crippen molar-refractivity contribution >= 4 is 0 Å². The van der Waals surface area contributed by atoms with Gasteiger partial charge in [0, 0.05) is 7.11 Å². The summed E-state index contributed by atoms with van der Waals surface area (Å²) in [6.45, 7) is 5.29. The number of hydrogen-bond acceptors (Lipinski definition) is 2. The number of methoxy groups -OCH3 is 1. The van der Waals surface area contributed by atoms with Crippen LogP contribution in [0.3, 0.4) is 0 Å². The molecule has 0 bridgehead atoms. The minimum absolute atomic E-state index is 0.257. The Morgan fingerprint density at radius 3 is 2.38 bits per heavy atom. The van der Waals surface area contributed by atoms with E-state index in [9.17, 15) is 0 Å². The van der Waals surface area contributed by atoms with Crippen molar-refractivity contribution in [1.82, 2.24) is 5.32 Å². The fraction of sp³-hybridized carbons (Fsp3) is 0.571. The lowest BCUT2D eigenvalue weighted by Crippen LogP contribution is -2.33. The molecule has 0 heterocycles. The molecule has 0 aliphatic heterocycles. The Labute approximate surface area is 99.0 Å². The fourth-order valence-corrected chi connectivity index (χ4v) is 2.05. The minimum Gasteiger partial charge on any atom is -0.379 e. The zero-order valence-corrected chi connectivity index (χ0v) is 10.6. The topological polar surface area (TPSA) is 21.3 Å². The predicted octanol–water partition coefficient (Wildman–Crippen LogP) is 3.15. The molecule has 2 unspecified atom stereocenters. The van der Waals surface area contributed by atoms with Crippen LogP contribution in [0.5, 0.6) is 0 Å². The van der Waals surface area contributed by atoms with Crippen LogP contribution in [0.1, 0.15) is 38.3 Å². The Morgan fingerprint density at radius 2 is 1.88 bits per heavy atom. The third-order valence-corrected chi connectivity index (χ3v) is 2.83. The zero-order chi connectivity index (χ0) is 11.8. The Hall–Kier alpha value is -0.860. The molecular weight excluding hydrogens is 198 g/mol. The van der Waals surface area contributed by atoms with Gasteiger partial charge in [-0.15, -0.1) is 0 Å². The summed E-state index contributed by atoms with van der Waals surface area (Å²) < 4.78 is 5.60. The summed E-state index contributed by atoms with van der Waals surface area (Å²) in [5.74, 6) is 0. The van der Waals surface area contributed by atoms with E-state index in [-0.39, 0.29) is 6.10 Å². The molecule has 90 valence electrons. The van der Waals surface area contributed by atoms with Gasteiger partial charge in [0.15, 0.2) is 0 Å². The maximum atomic E-state index is 5.60. The number of benzene rings is 1. The van der Waals surface area contributed by atoms with E-state index in [4.69, 9.17) is 4.74 Å². The first-order valence-electron chi connectivity index (χ1n) is 6.14. The van der Waals surface area contributed by atoms with Crippen LogP contribution in [-0.2, 0) is 4.74 Å². The lowest BCUT2D eigenvalue weighted by Gasteiger charge is -2.27. The van der Waals surface area contributed by atoms with Gasteiger partial charge in [-0.25, -0.2) is 0 Å². The van der Waals surface area contributed by atoms with Gasteiger partial charge in [-0.2, -0.15) is 0 Å². The summed E-state index contributed by atoms with van der Waals surface area (Å²) >= 11 is 0. The molecule has 1 aromatic rings. The highest BCUT2D eigenvalue weighted by atomic mass is 16.5. The summed E-state index contributed by atoms with van der Waals surface area (Å²) in [7, 11) is 1.80. The van der Waals surface area contributed by atoms with Crippen molar-refractivity contribution in [2.45, 2.75) is 38.8 Å². The largest absolute Gasteiger partial charge is 0.379 e. The summed E-state index contributed by atoms with van der Waals surface area (Å²) in [5, 5.41) is 3.51. The fourth-order valence-electron chi connectivity index (χ4n) is 2.05. The molecule has 0 saturated heterocycles. The van der Waals surface area contributed by atoms with E-state index in [1.165, 1.54) is 5.56 Å². The molecule has 2 nitrogen and oxygen atoms in total. The van der Waals surface area contributed by atoms with Crippen molar-refractivity contribution in [3.05, 3.63) is 35.9 Å². The summed E-state index contributed by atoms with van der Waals surface area (Å²) in [5.41, 5.74) is 1.31. The molecule has 16 heavy (non-hydrogen) atoms. The minimum atomic E-state index is 0.257. The second-order valence-electron chi connectivity index (χ2n) is 4.01. The first-order valence-corrected chi connectivity index (χ1v) is 6.14. The first-order chi connectivity index (χ1) is 7.83. The van der Waals surface area contributed by atoms with Gasteiger partial charge in [-0.1, -0.05) is 50.6 Å². The van der Waals surface area contributed by atoms with Crippen molar-refractivity contribution in [3.8, 4) is 0 Å². The number of likely N-dealkylation sites (N-methyl/N-ethyl adjacent to an activating group) is 1. The van der Waals surface area contributed by atoms with E-state index in [0.29, 0.717) is 6.04 Å². The van der Waals surface area contributed by atoms with Crippen molar-refractivity contribution in [2.24, 2.45) is 0 Å². The highest BCUT2D eigenvalue weighted by molar-refractivity contribution is 5.20. The monoisotopic (exact) mass is 221 g/mol. The Balaban J connectivity index is 2.80. The van der Waals surface area contributed by atoms with Gasteiger partial charge in [-0.05, 0) is 18.5 Å². The van der Waals surface area contributed by atoms with E-state index in [1.807, 2.05) is 6.07 Å². The van der Waals surface area contributed by atoms with Crippen LogP contribution in [0.15, 0.2) is 30.3 Å². The molecular formula is C14H23NO. The van der Waals surface area contributed by atoms with E-state index in [0.717, 1.165) is 19.4 Å². The molecule has 0 fully saturated rings. The molecule has 1 rings (SSSR count). The molecule has 0 spiro atoms. The normalized spacial score (nSPS) is 14.7. The molecule has 0 aromatic heterocycles. The predicted molar refractivity (Wildman–Crippen MR) is 68.6 cm³/mol. The van der Waals surface area contributed by atoms with Crippen molar-refractivity contribution in [1.29, 1.82) is 0 Å². The van der Waals surface area contributed by atoms with E-state index in [2.05, 4.69) is 43.4 Å². The molecule has 0 aliphatic rings. The molecule has 0 aliphatic carbocycles. The van der Waals surface area contributed by atoms with Crippen molar-refractivity contribution < 1.29 is 4.74 Å². The van der Waals surface area contributed by atoms with E-state index >= 15 is 0 Å². The van der Waals surface area contributed by atoms with Gasteiger partial charge in [-0.3, -0.25) is 0 Å². The smallest absolute Gasteiger partial charge is 0.0765 e. The summed E-state index contributed by atoms with van der Waals surface area (Å²) in [4.78, 5) is 0. The molecule has 0 saturated carbocycles. The Kier molecular flexibility index (Phi) is 6.12. The third-order valence-electron chi connectivity index (χ3n) is 2.83. The second-order valence-corrected chi connectivity index (χ2v) is 4.01. The van der Waals surface area contributed by atoms with Crippen LogP contribution in [-0.4, -0.2) is 19.8 Å². The number of hydrogen-bond donors (Lipinski definition) is 1. The molecule has 2 heteroatoms. The number of ether oxygens (including phenoxy) is 1. The standard InChI is InChI=1S/C14H23NO/c1-4-9-13(16-3)14(15-5-2)12-10-7-6-8-11-12/h6-8,10-11,13-15H,4-5,9H2,1-3H3. The van der Waals surface area contributed by atoms with Crippen LogP contribution in [0.25, 0.3) is 0 Å². The van der Waals surface area contributed by atoms with E-state index in [1.54, 1.807) is 7.11 Å². The Morgan fingerprint density at radius 1 is 1.19 bits per heavy atom. The van der Waals surface area contributed by atoms with Crippen LogP contribution in [0.4, 0.5) is 0 Å². The SMILES string of the molecule is CCCC(OC)C(NCC)c1ccccc1. The maximum absolute atomic E-state index is 5.60. The van der Waals surface area contributed by atoms with Gasteiger partial charge in [0.25, 0.3) is 0 Å². The van der Waals surface area contributed by atoms with Crippen molar-refractivity contribution in [2.75, 3.05) is 13.7 Å². The molecule has 0 amide bonds. The van der Waals surface area contributed by atoms with E-state index < -0.39 is 0 Å². The Bertz CT molecular complexity index is 273. The van der Waals surface area contributed by atoms with Gasteiger partial charge < -0.3 is 10.1 Å². The van der Waals surface area contributed by atoms with Gasteiger partial charge in [0.05, 0.1) is 12.1 Å². The molecule has 0 radical (unpaired) electrons. The van der Waals surface area contributed by atoms with Crippen LogP contribution in [0, 0.1) is 0 Å². The van der Waals surface area contributed by atoms with Crippen LogP contribution >= 0.6 is 0 Å². The summed E-state index contributed by atoms with van der Waals surface area (Å²) in [6.07, 6.45) is 2.49. The van der Waals surface area contributed by atoms with Crippen molar-refractivity contribution in [3.63, 3.8) is 0 Å². The first kappa shape index (κ1) is 13.2. The highest BCUT2D eigenvalue weighted by Gasteiger charge is 2.20.